The van der Waals surface area contributed by atoms with Gasteiger partial charge < -0.3 is 15.4 Å². The SMILES string of the molecule is Cc1cc(N)ccc1OC1CCN(c2cccc(C(F)(F)F)c2)C1. The van der Waals surface area contributed by atoms with Gasteiger partial charge in [0.1, 0.15) is 11.9 Å². The van der Waals surface area contributed by atoms with Crippen LogP contribution in [-0.4, -0.2) is 19.2 Å². The number of hydrogen-bond donors (Lipinski definition) is 1. The van der Waals surface area contributed by atoms with E-state index in [4.69, 9.17) is 10.5 Å². The van der Waals surface area contributed by atoms with Gasteiger partial charge in [-0.1, -0.05) is 6.07 Å². The molecule has 128 valence electrons. The molecule has 1 saturated heterocycles. The highest BCUT2D eigenvalue weighted by atomic mass is 19.4. The Bertz CT molecular complexity index is 730. The lowest BCUT2D eigenvalue weighted by Gasteiger charge is -2.21. The molecule has 2 aromatic carbocycles. The smallest absolute Gasteiger partial charge is 0.416 e. The molecule has 3 rings (SSSR count). The first-order valence-corrected chi connectivity index (χ1v) is 7.78. The van der Waals surface area contributed by atoms with Gasteiger partial charge in [-0.3, -0.25) is 0 Å². The fraction of sp³-hybridized carbons (Fsp3) is 0.333. The van der Waals surface area contributed by atoms with Gasteiger partial charge in [-0.05, 0) is 48.9 Å². The summed E-state index contributed by atoms with van der Waals surface area (Å²) in [6.07, 6.45) is -3.62. The average Bonchev–Trinajstić information content (AvgIpc) is 2.98. The first kappa shape index (κ1) is 16.5. The number of alkyl halides is 3. The van der Waals surface area contributed by atoms with E-state index < -0.39 is 11.7 Å². The minimum atomic E-state index is -4.33. The van der Waals surface area contributed by atoms with Crippen LogP contribution in [-0.2, 0) is 6.18 Å². The molecular formula is C18H19F3N2O. The highest BCUT2D eigenvalue weighted by Crippen LogP contribution is 2.33. The van der Waals surface area contributed by atoms with Crippen molar-refractivity contribution in [1.82, 2.24) is 0 Å². The predicted octanol–water partition coefficient (Wildman–Crippen LogP) is 4.25. The van der Waals surface area contributed by atoms with E-state index in [0.29, 0.717) is 24.5 Å². The molecule has 1 unspecified atom stereocenters. The molecule has 0 amide bonds. The van der Waals surface area contributed by atoms with Crippen molar-refractivity contribution in [3.05, 3.63) is 53.6 Å². The van der Waals surface area contributed by atoms with Gasteiger partial charge in [0.25, 0.3) is 0 Å². The fourth-order valence-electron chi connectivity index (χ4n) is 2.92. The molecule has 0 spiro atoms. The van der Waals surface area contributed by atoms with Crippen molar-refractivity contribution in [3.63, 3.8) is 0 Å². The number of nitrogens with two attached hydrogens (primary N) is 1. The van der Waals surface area contributed by atoms with Crippen molar-refractivity contribution in [2.45, 2.75) is 25.6 Å². The lowest BCUT2D eigenvalue weighted by atomic mass is 10.2. The number of ether oxygens (including phenoxy) is 1. The molecule has 2 aromatic rings. The number of aryl methyl sites for hydroxylation is 1. The van der Waals surface area contributed by atoms with E-state index in [2.05, 4.69) is 0 Å². The van der Waals surface area contributed by atoms with Crippen LogP contribution in [0.3, 0.4) is 0 Å². The van der Waals surface area contributed by atoms with Crippen LogP contribution in [0.25, 0.3) is 0 Å². The zero-order valence-electron chi connectivity index (χ0n) is 13.3. The zero-order valence-corrected chi connectivity index (χ0v) is 13.3. The van der Waals surface area contributed by atoms with Crippen molar-refractivity contribution in [2.24, 2.45) is 0 Å². The number of hydrogen-bond acceptors (Lipinski definition) is 3. The third-order valence-electron chi connectivity index (χ3n) is 4.18. The van der Waals surface area contributed by atoms with Crippen molar-refractivity contribution in [3.8, 4) is 5.75 Å². The Balaban J connectivity index is 1.69. The van der Waals surface area contributed by atoms with Crippen LogP contribution >= 0.6 is 0 Å². The number of anilines is 2. The van der Waals surface area contributed by atoms with Crippen LogP contribution in [0.2, 0.25) is 0 Å². The van der Waals surface area contributed by atoms with E-state index in [0.717, 1.165) is 23.8 Å². The van der Waals surface area contributed by atoms with Gasteiger partial charge in [0.2, 0.25) is 0 Å². The highest BCUT2D eigenvalue weighted by molar-refractivity contribution is 5.51. The molecule has 0 radical (unpaired) electrons. The Labute approximate surface area is 138 Å². The minimum Gasteiger partial charge on any atom is -0.488 e. The van der Waals surface area contributed by atoms with Gasteiger partial charge in [0, 0.05) is 24.3 Å². The van der Waals surface area contributed by atoms with E-state index in [1.165, 1.54) is 12.1 Å². The number of rotatable bonds is 3. The summed E-state index contributed by atoms with van der Waals surface area (Å²) in [5.74, 6) is 0.764. The number of halogens is 3. The molecule has 3 nitrogen and oxygen atoms in total. The Morgan fingerprint density at radius 1 is 1.17 bits per heavy atom. The first-order valence-electron chi connectivity index (χ1n) is 7.78. The predicted molar refractivity (Wildman–Crippen MR) is 88.3 cm³/mol. The summed E-state index contributed by atoms with van der Waals surface area (Å²) >= 11 is 0. The Hall–Kier alpha value is -2.37. The first-order chi connectivity index (χ1) is 11.3. The summed E-state index contributed by atoms with van der Waals surface area (Å²) < 4.78 is 44.5. The van der Waals surface area contributed by atoms with Crippen molar-refractivity contribution in [1.29, 1.82) is 0 Å². The quantitative estimate of drug-likeness (QED) is 0.852. The molecular weight excluding hydrogens is 317 g/mol. The Morgan fingerprint density at radius 2 is 1.96 bits per heavy atom. The van der Waals surface area contributed by atoms with Crippen LogP contribution in [0.4, 0.5) is 24.5 Å². The second-order valence-corrected chi connectivity index (χ2v) is 6.05. The monoisotopic (exact) mass is 336 g/mol. The molecule has 0 aliphatic carbocycles. The fourth-order valence-corrected chi connectivity index (χ4v) is 2.92. The minimum absolute atomic E-state index is 0.0538. The molecule has 1 fully saturated rings. The maximum Gasteiger partial charge on any atom is 0.416 e. The van der Waals surface area contributed by atoms with Crippen molar-refractivity contribution < 1.29 is 17.9 Å². The second-order valence-electron chi connectivity index (χ2n) is 6.05. The Kier molecular flexibility index (Phi) is 4.30. The Morgan fingerprint density at radius 3 is 2.67 bits per heavy atom. The van der Waals surface area contributed by atoms with Crippen LogP contribution in [0.15, 0.2) is 42.5 Å². The molecule has 0 aromatic heterocycles. The van der Waals surface area contributed by atoms with Crippen LogP contribution in [0.1, 0.15) is 17.5 Å². The third kappa shape index (κ3) is 3.58. The summed E-state index contributed by atoms with van der Waals surface area (Å²) in [5, 5.41) is 0. The topological polar surface area (TPSA) is 38.5 Å². The van der Waals surface area contributed by atoms with E-state index in [1.54, 1.807) is 12.1 Å². The van der Waals surface area contributed by atoms with E-state index in [-0.39, 0.29) is 6.10 Å². The molecule has 1 aliphatic heterocycles. The van der Waals surface area contributed by atoms with Crippen LogP contribution in [0, 0.1) is 6.92 Å². The van der Waals surface area contributed by atoms with Gasteiger partial charge >= 0.3 is 6.18 Å². The van der Waals surface area contributed by atoms with Crippen LogP contribution in [0.5, 0.6) is 5.75 Å². The van der Waals surface area contributed by atoms with Gasteiger partial charge in [-0.25, -0.2) is 0 Å². The standard InChI is InChI=1S/C18H19F3N2O/c1-12-9-14(22)5-6-17(12)24-16-7-8-23(11-16)15-4-2-3-13(10-15)18(19,20)21/h2-6,9-10,16H,7-8,11,22H2,1H3. The molecule has 24 heavy (non-hydrogen) atoms. The lowest BCUT2D eigenvalue weighted by molar-refractivity contribution is -0.137. The largest absolute Gasteiger partial charge is 0.488 e. The zero-order chi connectivity index (χ0) is 17.3. The summed E-state index contributed by atoms with van der Waals surface area (Å²) in [6, 6.07) is 10.9. The molecule has 1 aliphatic rings. The molecule has 0 saturated carbocycles. The van der Waals surface area contributed by atoms with E-state index >= 15 is 0 Å². The van der Waals surface area contributed by atoms with Crippen molar-refractivity contribution in [2.75, 3.05) is 23.7 Å². The third-order valence-corrected chi connectivity index (χ3v) is 4.18. The van der Waals surface area contributed by atoms with Crippen molar-refractivity contribution >= 4 is 11.4 Å². The van der Waals surface area contributed by atoms with Crippen LogP contribution < -0.4 is 15.4 Å². The van der Waals surface area contributed by atoms with E-state index in [1.807, 2.05) is 24.0 Å². The van der Waals surface area contributed by atoms with Gasteiger partial charge in [0.15, 0.2) is 0 Å². The summed E-state index contributed by atoms with van der Waals surface area (Å²) in [4.78, 5) is 1.92. The average molecular weight is 336 g/mol. The normalized spacial score (nSPS) is 18.0. The molecule has 0 bridgehead atoms. The number of nitrogen functional groups attached to an aromatic ring is 1. The summed E-state index contributed by atoms with van der Waals surface area (Å²) in [7, 11) is 0. The molecule has 1 atom stereocenters. The molecule has 2 N–H and O–H groups in total. The van der Waals surface area contributed by atoms with Gasteiger partial charge in [-0.15, -0.1) is 0 Å². The lowest BCUT2D eigenvalue weighted by Crippen LogP contribution is -2.25. The van der Waals surface area contributed by atoms with E-state index in [9.17, 15) is 13.2 Å². The van der Waals surface area contributed by atoms with Gasteiger partial charge in [0.05, 0.1) is 12.1 Å². The number of benzene rings is 2. The molecule has 6 heteroatoms. The second kappa shape index (κ2) is 6.26. The maximum atomic E-state index is 12.8. The maximum absolute atomic E-state index is 12.8. The highest BCUT2D eigenvalue weighted by Gasteiger charge is 2.32. The summed E-state index contributed by atoms with van der Waals surface area (Å²) in [5.41, 5.74) is 7.30. The van der Waals surface area contributed by atoms with Gasteiger partial charge in [-0.2, -0.15) is 13.2 Å². The molecule has 1 heterocycles. The summed E-state index contributed by atoms with van der Waals surface area (Å²) in [6.45, 7) is 3.15. The number of nitrogens with zero attached hydrogens (tertiary/aromatic N) is 1.